The maximum Gasteiger partial charge on any atom is 0.295 e. The van der Waals surface area contributed by atoms with Crippen LogP contribution in [0.1, 0.15) is 30.8 Å². The molecule has 1 N–H and O–H groups in total. The van der Waals surface area contributed by atoms with E-state index in [2.05, 4.69) is 15.5 Å². The van der Waals surface area contributed by atoms with Crippen LogP contribution in [0.15, 0.2) is 59.4 Å². The monoisotopic (exact) mass is 431 g/mol. The van der Waals surface area contributed by atoms with Crippen LogP contribution in [0.2, 0.25) is 0 Å². The molecule has 1 amide bonds. The number of carbonyl (C=O) groups excluding carboxylic acids is 1. The molecule has 0 fully saturated rings. The second kappa shape index (κ2) is 8.66. The number of hydrogen-bond donors (Lipinski definition) is 1. The molecule has 8 heteroatoms. The Morgan fingerprint density at radius 1 is 1.06 bits per heavy atom. The summed E-state index contributed by atoms with van der Waals surface area (Å²) in [5.74, 6) is 0.378. The van der Waals surface area contributed by atoms with E-state index in [1.165, 1.54) is 4.68 Å². The zero-order chi connectivity index (χ0) is 22.8. The molecule has 2 heterocycles. The van der Waals surface area contributed by atoms with Crippen LogP contribution in [0.3, 0.4) is 0 Å². The number of anilines is 1. The maximum absolute atomic E-state index is 13.3. The van der Waals surface area contributed by atoms with Crippen LogP contribution in [0, 0.1) is 13.8 Å². The third-order valence-corrected chi connectivity index (χ3v) is 5.49. The first kappa shape index (κ1) is 21.3. The summed E-state index contributed by atoms with van der Waals surface area (Å²) in [6.07, 6.45) is 0.401. The fourth-order valence-electron chi connectivity index (χ4n) is 3.85. The molecule has 0 bridgehead atoms. The number of rotatable bonds is 6. The Balaban J connectivity index is 1.74. The summed E-state index contributed by atoms with van der Waals surface area (Å²) in [7, 11) is 1.58. The molecular weight excluding hydrogens is 406 g/mol. The predicted molar refractivity (Wildman–Crippen MR) is 124 cm³/mol. The minimum Gasteiger partial charge on any atom is -0.497 e. The highest BCUT2D eigenvalue weighted by atomic mass is 16.5. The van der Waals surface area contributed by atoms with Gasteiger partial charge in [-0.25, -0.2) is 9.36 Å². The molecule has 4 rings (SSSR count). The smallest absolute Gasteiger partial charge is 0.295 e. The van der Waals surface area contributed by atoms with Crippen LogP contribution in [-0.2, 0) is 4.79 Å². The quantitative estimate of drug-likeness (QED) is 0.501. The largest absolute Gasteiger partial charge is 0.497 e. The lowest BCUT2D eigenvalue weighted by Gasteiger charge is -2.17. The lowest BCUT2D eigenvalue weighted by Crippen LogP contribution is -2.35. The Kier molecular flexibility index (Phi) is 5.77. The molecule has 0 aliphatic rings. The van der Waals surface area contributed by atoms with E-state index in [0.29, 0.717) is 34.5 Å². The molecule has 2 aromatic heterocycles. The molecule has 4 aromatic rings. The highest BCUT2D eigenvalue weighted by molar-refractivity contribution is 5.94. The Morgan fingerprint density at radius 2 is 1.75 bits per heavy atom. The van der Waals surface area contributed by atoms with E-state index in [-0.39, 0.29) is 11.5 Å². The minimum atomic E-state index is -0.769. The summed E-state index contributed by atoms with van der Waals surface area (Å²) in [5, 5.41) is 12.6. The van der Waals surface area contributed by atoms with Crippen molar-refractivity contribution < 1.29 is 9.53 Å². The van der Waals surface area contributed by atoms with Gasteiger partial charge in [-0.15, -0.1) is 0 Å². The molecule has 0 saturated heterocycles. The number of carbonyl (C=O) groups is 1. The number of ether oxygens (including phenoxy) is 1. The summed E-state index contributed by atoms with van der Waals surface area (Å²) in [6, 6.07) is 15.9. The van der Waals surface area contributed by atoms with Gasteiger partial charge in [-0.05, 0) is 56.7 Å². The number of nitrogens with zero attached hydrogens (tertiary/aromatic N) is 4. The normalized spacial score (nSPS) is 12.0. The summed E-state index contributed by atoms with van der Waals surface area (Å²) >= 11 is 0. The van der Waals surface area contributed by atoms with Crippen molar-refractivity contribution in [1.82, 2.24) is 19.6 Å². The highest BCUT2D eigenvalue weighted by Gasteiger charge is 2.25. The van der Waals surface area contributed by atoms with Crippen molar-refractivity contribution in [3.8, 4) is 11.4 Å². The molecule has 8 nitrogen and oxygen atoms in total. The number of hydrogen-bond acceptors (Lipinski definition) is 5. The van der Waals surface area contributed by atoms with E-state index in [4.69, 9.17) is 4.74 Å². The first-order valence-corrected chi connectivity index (χ1v) is 10.4. The van der Waals surface area contributed by atoms with E-state index in [1.54, 1.807) is 36.1 Å². The Morgan fingerprint density at radius 3 is 2.38 bits per heavy atom. The van der Waals surface area contributed by atoms with Crippen molar-refractivity contribution in [1.29, 1.82) is 0 Å². The molecule has 1 atom stereocenters. The van der Waals surface area contributed by atoms with Gasteiger partial charge >= 0.3 is 0 Å². The molecule has 0 unspecified atom stereocenters. The number of nitrogens with one attached hydrogen (secondary N) is 1. The standard InChI is InChI=1S/C24H25N5O3/c1-5-20(23(30)25-17-11-13-19(32-4)14-12-17)29-24(31)22-21(15(2)26-29)16(3)28(27-22)18-9-7-6-8-10-18/h6-14,20H,5H2,1-4H3,(H,25,30)/t20-/m1/s1. The average Bonchev–Trinajstić information content (AvgIpc) is 3.16. The topological polar surface area (TPSA) is 91.0 Å². The van der Waals surface area contributed by atoms with Crippen LogP contribution in [-0.4, -0.2) is 32.6 Å². The number of para-hydroxylation sites is 1. The van der Waals surface area contributed by atoms with Crippen LogP contribution < -0.4 is 15.6 Å². The van der Waals surface area contributed by atoms with Crippen LogP contribution in [0.5, 0.6) is 5.75 Å². The summed E-state index contributed by atoms with van der Waals surface area (Å²) in [5.41, 5.74) is 2.86. The highest BCUT2D eigenvalue weighted by Crippen LogP contribution is 2.23. The molecule has 32 heavy (non-hydrogen) atoms. The number of aryl methyl sites for hydroxylation is 2. The Bertz CT molecular complexity index is 1320. The molecular formula is C24H25N5O3. The second-order valence-corrected chi connectivity index (χ2v) is 7.53. The maximum atomic E-state index is 13.3. The SMILES string of the molecule is CC[C@H](C(=O)Nc1ccc(OC)cc1)n1nc(C)c2c(C)n(-c3ccccc3)nc2c1=O. The van der Waals surface area contributed by atoms with Gasteiger partial charge in [0.15, 0.2) is 5.52 Å². The molecule has 164 valence electrons. The molecule has 2 aromatic carbocycles. The fraction of sp³-hybridized carbons (Fsp3) is 0.250. The van der Waals surface area contributed by atoms with E-state index in [0.717, 1.165) is 11.4 Å². The van der Waals surface area contributed by atoms with Crippen molar-refractivity contribution in [2.24, 2.45) is 0 Å². The summed E-state index contributed by atoms with van der Waals surface area (Å²) in [6.45, 7) is 5.59. The molecule has 0 aliphatic carbocycles. The summed E-state index contributed by atoms with van der Waals surface area (Å²) < 4.78 is 8.14. The third-order valence-electron chi connectivity index (χ3n) is 5.49. The van der Waals surface area contributed by atoms with Crippen molar-refractivity contribution >= 4 is 22.5 Å². The van der Waals surface area contributed by atoms with Gasteiger partial charge in [0.05, 0.1) is 29.6 Å². The van der Waals surface area contributed by atoms with E-state index in [9.17, 15) is 9.59 Å². The number of amides is 1. The van der Waals surface area contributed by atoms with Crippen molar-refractivity contribution in [3.63, 3.8) is 0 Å². The number of benzene rings is 2. The van der Waals surface area contributed by atoms with Crippen LogP contribution in [0.4, 0.5) is 5.69 Å². The van der Waals surface area contributed by atoms with Crippen LogP contribution in [0.25, 0.3) is 16.6 Å². The van der Waals surface area contributed by atoms with E-state index < -0.39 is 6.04 Å². The van der Waals surface area contributed by atoms with Crippen molar-refractivity contribution in [2.45, 2.75) is 33.2 Å². The number of methoxy groups -OCH3 is 1. The van der Waals surface area contributed by atoms with Gasteiger partial charge in [0.1, 0.15) is 11.8 Å². The molecule has 0 aliphatic heterocycles. The first-order chi connectivity index (χ1) is 15.4. The van der Waals surface area contributed by atoms with Gasteiger partial charge < -0.3 is 10.1 Å². The Labute approximate surface area is 185 Å². The Hall–Kier alpha value is -3.94. The predicted octanol–water partition coefficient (Wildman–Crippen LogP) is 3.80. The molecule has 0 saturated carbocycles. The van der Waals surface area contributed by atoms with Gasteiger partial charge in [-0.2, -0.15) is 10.2 Å². The number of aromatic nitrogens is 4. The molecule has 0 radical (unpaired) electrons. The first-order valence-electron chi connectivity index (χ1n) is 10.4. The van der Waals surface area contributed by atoms with Crippen LogP contribution >= 0.6 is 0 Å². The van der Waals surface area contributed by atoms with Crippen molar-refractivity contribution in [2.75, 3.05) is 12.4 Å². The average molecular weight is 431 g/mol. The van der Waals surface area contributed by atoms with Gasteiger partial charge in [-0.1, -0.05) is 25.1 Å². The summed E-state index contributed by atoms with van der Waals surface area (Å²) in [4.78, 5) is 26.4. The van der Waals surface area contributed by atoms with E-state index in [1.807, 2.05) is 51.1 Å². The second-order valence-electron chi connectivity index (χ2n) is 7.53. The van der Waals surface area contributed by atoms with Crippen molar-refractivity contribution in [3.05, 3.63) is 76.3 Å². The van der Waals surface area contributed by atoms with E-state index >= 15 is 0 Å². The molecule has 0 spiro atoms. The fourth-order valence-corrected chi connectivity index (χ4v) is 3.85. The van der Waals surface area contributed by atoms with Gasteiger partial charge in [-0.3, -0.25) is 9.59 Å². The minimum absolute atomic E-state index is 0.301. The van der Waals surface area contributed by atoms with Gasteiger partial charge in [0.25, 0.3) is 5.56 Å². The number of fused-ring (bicyclic) bond motifs is 1. The van der Waals surface area contributed by atoms with Gasteiger partial charge in [0.2, 0.25) is 5.91 Å². The lowest BCUT2D eigenvalue weighted by molar-refractivity contribution is -0.119. The third kappa shape index (κ3) is 3.75. The zero-order valence-electron chi connectivity index (χ0n) is 18.5. The zero-order valence-corrected chi connectivity index (χ0v) is 18.5. The lowest BCUT2D eigenvalue weighted by atomic mass is 10.1. The van der Waals surface area contributed by atoms with Gasteiger partial charge in [0, 0.05) is 5.69 Å².